The summed E-state index contributed by atoms with van der Waals surface area (Å²) in [6, 6.07) is 28.8. The SMILES string of the molecule is O=S(c1ccccc1)[C@@H]1O[C@@H]2COC(c3ccccc3)O[C@H]2[C@H](OCc2ccccc2)[C@H]1OCCCO. The zero-order valence-electron chi connectivity index (χ0n) is 20.5. The van der Waals surface area contributed by atoms with E-state index in [-0.39, 0.29) is 19.8 Å². The number of fused-ring (bicyclic) bond motifs is 1. The first-order valence-electron chi connectivity index (χ1n) is 12.6. The molecule has 0 amide bonds. The fourth-order valence-electron chi connectivity index (χ4n) is 4.60. The molecule has 0 bridgehead atoms. The molecule has 2 heterocycles. The zero-order chi connectivity index (χ0) is 25.5. The number of hydrogen-bond donors (Lipinski definition) is 1. The van der Waals surface area contributed by atoms with Gasteiger partial charge in [-0.15, -0.1) is 0 Å². The standard InChI is InChI=1S/C29H32O7S/c30-17-10-18-32-27-26(33-19-21-11-4-1-5-12-21)25-24(20-34-28(36-25)22-13-6-2-7-14-22)35-29(27)37(31)23-15-8-3-9-16-23/h1-9,11-16,24-30H,10,17-20H2/t24-,25-,26+,27-,28?,29+,37?/m1/s1. The van der Waals surface area contributed by atoms with Crippen molar-refractivity contribution in [1.82, 2.24) is 0 Å². The highest BCUT2D eigenvalue weighted by Gasteiger charge is 2.53. The first kappa shape index (κ1) is 26.2. The summed E-state index contributed by atoms with van der Waals surface area (Å²) in [5, 5.41) is 9.37. The molecule has 0 aromatic heterocycles. The lowest BCUT2D eigenvalue weighted by Gasteiger charge is -2.49. The van der Waals surface area contributed by atoms with Crippen molar-refractivity contribution in [2.24, 2.45) is 0 Å². The second-order valence-corrected chi connectivity index (χ2v) is 10.5. The summed E-state index contributed by atoms with van der Waals surface area (Å²) >= 11 is 0. The highest BCUT2D eigenvalue weighted by Crippen LogP contribution is 2.38. The van der Waals surface area contributed by atoms with Crippen LogP contribution in [0.25, 0.3) is 0 Å². The van der Waals surface area contributed by atoms with Crippen LogP contribution in [0, 0.1) is 0 Å². The van der Waals surface area contributed by atoms with Crippen molar-refractivity contribution in [2.75, 3.05) is 19.8 Å². The van der Waals surface area contributed by atoms with Gasteiger partial charge in [0.2, 0.25) is 0 Å². The highest BCUT2D eigenvalue weighted by atomic mass is 32.2. The second kappa shape index (κ2) is 12.9. The number of rotatable bonds is 10. The minimum Gasteiger partial charge on any atom is -0.396 e. The quantitative estimate of drug-likeness (QED) is 0.402. The van der Waals surface area contributed by atoms with Crippen molar-refractivity contribution in [2.45, 2.75) is 54.1 Å². The topological polar surface area (TPSA) is 83.5 Å². The van der Waals surface area contributed by atoms with Crippen LogP contribution in [0.1, 0.15) is 23.8 Å². The Bertz CT molecular complexity index is 1110. The van der Waals surface area contributed by atoms with Gasteiger partial charge in [0, 0.05) is 23.7 Å². The monoisotopic (exact) mass is 524 g/mol. The molecule has 0 radical (unpaired) electrons. The Morgan fingerprint density at radius 2 is 1.51 bits per heavy atom. The van der Waals surface area contributed by atoms with Crippen LogP contribution in [0.2, 0.25) is 0 Å². The van der Waals surface area contributed by atoms with E-state index in [4.69, 9.17) is 23.7 Å². The van der Waals surface area contributed by atoms with E-state index in [2.05, 4.69) is 0 Å². The Morgan fingerprint density at radius 3 is 2.22 bits per heavy atom. The van der Waals surface area contributed by atoms with Gasteiger partial charge in [-0.2, -0.15) is 0 Å². The Morgan fingerprint density at radius 1 is 0.838 bits per heavy atom. The molecule has 196 valence electrons. The van der Waals surface area contributed by atoms with Crippen LogP contribution in [0.3, 0.4) is 0 Å². The maximum absolute atomic E-state index is 13.7. The van der Waals surface area contributed by atoms with Crippen LogP contribution in [-0.2, 0) is 41.1 Å². The number of aliphatic hydroxyl groups is 1. The van der Waals surface area contributed by atoms with Gasteiger partial charge in [0.05, 0.1) is 24.0 Å². The lowest BCUT2D eigenvalue weighted by Crippen LogP contribution is -2.64. The maximum atomic E-state index is 13.7. The van der Waals surface area contributed by atoms with Gasteiger partial charge in [0.25, 0.3) is 0 Å². The summed E-state index contributed by atoms with van der Waals surface area (Å²) in [6.45, 7) is 0.858. The second-order valence-electron chi connectivity index (χ2n) is 9.00. The van der Waals surface area contributed by atoms with E-state index < -0.39 is 46.9 Å². The normalized spacial score (nSPS) is 28.4. The smallest absolute Gasteiger partial charge is 0.184 e. The minimum absolute atomic E-state index is 0.0119. The molecule has 3 aromatic carbocycles. The van der Waals surface area contributed by atoms with Gasteiger partial charge < -0.3 is 28.8 Å². The molecule has 7 atom stereocenters. The van der Waals surface area contributed by atoms with E-state index in [9.17, 15) is 9.32 Å². The van der Waals surface area contributed by atoms with Crippen LogP contribution in [0.15, 0.2) is 95.9 Å². The van der Waals surface area contributed by atoms with Crippen LogP contribution >= 0.6 is 0 Å². The van der Waals surface area contributed by atoms with Crippen LogP contribution in [0.4, 0.5) is 0 Å². The summed E-state index contributed by atoms with van der Waals surface area (Å²) in [5.41, 5.74) is 1.10. The molecule has 0 aliphatic carbocycles. The van der Waals surface area contributed by atoms with Crippen LogP contribution in [-0.4, -0.2) is 59.0 Å². The molecular formula is C29H32O7S. The van der Waals surface area contributed by atoms with Gasteiger partial charge >= 0.3 is 0 Å². The molecule has 1 N–H and O–H groups in total. The van der Waals surface area contributed by atoms with Gasteiger partial charge in [-0.05, 0) is 24.1 Å². The van der Waals surface area contributed by atoms with Gasteiger partial charge in [0.1, 0.15) is 24.4 Å². The van der Waals surface area contributed by atoms with Crippen molar-refractivity contribution in [3.8, 4) is 0 Å². The molecule has 2 aliphatic heterocycles. The van der Waals surface area contributed by atoms with Crippen molar-refractivity contribution >= 4 is 10.8 Å². The molecule has 2 aliphatic rings. The number of benzene rings is 3. The molecule has 5 rings (SSSR count). The summed E-state index contributed by atoms with van der Waals surface area (Å²) in [5.74, 6) is 0. The van der Waals surface area contributed by atoms with E-state index in [1.807, 2.05) is 91.0 Å². The molecule has 8 heteroatoms. The third-order valence-electron chi connectivity index (χ3n) is 6.44. The van der Waals surface area contributed by atoms with E-state index >= 15 is 0 Å². The maximum Gasteiger partial charge on any atom is 0.184 e. The molecule has 2 fully saturated rings. The number of hydrogen-bond acceptors (Lipinski definition) is 7. The van der Waals surface area contributed by atoms with Gasteiger partial charge in [-0.3, -0.25) is 4.21 Å². The van der Waals surface area contributed by atoms with E-state index in [1.165, 1.54) is 0 Å². The average Bonchev–Trinajstić information content (AvgIpc) is 2.97. The van der Waals surface area contributed by atoms with Crippen molar-refractivity contribution in [1.29, 1.82) is 0 Å². The first-order valence-corrected chi connectivity index (χ1v) is 13.8. The van der Waals surface area contributed by atoms with Crippen molar-refractivity contribution in [3.63, 3.8) is 0 Å². The lowest BCUT2D eigenvalue weighted by molar-refractivity contribution is -0.329. The molecule has 0 saturated carbocycles. The zero-order valence-corrected chi connectivity index (χ0v) is 21.3. The van der Waals surface area contributed by atoms with Crippen molar-refractivity contribution in [3.05, 3.63) is 102 Å². The first-order chi connectivity index (χ1) is 18.2. The highest BCUT2D eigenvalue weighted by molar-refractivity contribution is 7.85. The summed E-state index contributed by atoms with van der Waals surface area (Å²) in [7, 11) is -1.53. The van der Waals surface area contributed by atoms with Crippen LogP contribution < -0.4 is 0 Å². The summed E-state index contributed by atoms with van der Waals surface area (Å²) in [4.78, 5) is 0.642. The van der Waals surface area contributed by atoms with E-state index in [0.717, 1.165) is 11.1 Å². The van der Waals surface area contributed by atoms with Gasteiger partial charge in [-0.25, -0.2) is 0 Å². The molecule has 2 saturated heterocycles. The predicted molar refractivity (Wildman–Crippen MR) is 138 cm³/mol. The Hall–Kier alpha value is -2.43. The van der Waals surface area contributed by atoms with E-state index in [0.29, 0.717) is 17.9 Å². The number of aliphatic hydroxyl groups excluding tert-OH is 1. The molecule has 7 nitrogen and oxygen atoms in total. The Labute approximate surface area is 219 Å². The Kier molecular flexibility index (Phi) is 9.12. The van der Waals surface area contributed by atoms with Gasteiger partial charge in [-0.1, -0.05) is 78.9 Å². The summed E-state index contributed by atoms with van der Waals surface area (Å²) in [6.07, 6.45) is -2.40. The Balaban J connectivity index is 1.45. The van der Waals surface area contributed by atoms with Crippen molar-refractivity contribution < 1.29 is 33.0 Å². The molecule has 37 heavy (non-hydrogen) atoms. The molecule has 2 unspecified atom stereocenters. The van der Waals surface area contributed by atoms with Crippen LogP contribution in [0.5, 0.6) is 0 Å². The molecular weight excluding hydrogens is 492 g/mol. The predicted octanol–water partition coefficient (Wildman–Crippen LogP) is 3.99. The third kappa shape index (κ3) is 6.35. The summed E-state index contributed by atoms with van der Waals surface area (Å²) < 4.78 is 45.4. The third-order valence-corrected chi connectivity index (χ3v) is 7.98. The largest absolute Gasteiger partial charge is 0.396 e. The molecule has 3 aromatic rings. The van der Waals surface area contributed by atoms with Gasteiger partial charge in [0.15, 0.2) is 11.7 Å². The minimum atomic E-state index is -1.53. The fraction of sp³-hybridized carbons (Fsp3) is 0.379. The lowest BCUT2D eigenvalue weighted by atomic mass is 9.98. The van der Waals surface area contributed by atoms with E-state index in [1.54, 1.807) is 0 Å². The average molecular weight is 525 g/mol. The fourth-order valence-corrected chi connectivity index (χ4v) is 6.02. The molecule has 0 spiro atoms. The number of ether oxygens (including phenoxy) is 5.